The van der Waals surface area contributed by atoms with E-state index in [1.54, 1.807) is 18.2 Å². The van der Waals surface area contributed by atoms with Crippen LogP contribution in [0.25, 0.3) is 0 Å². The molecule has 22 heavy (non-hydrogen) atoms. The van der Waals surface area contributed by atoms with Crippen molar-refractivity contribution in [1.82, 2.24) is 4.90 Å². The van der Waals surface area contributed by atoms with Crippen molar-refractivity contribution >= 4 is 0 Å². The Bertz CT molecular complexity index is 605. The third kappa shape index (κ3) is 3.53. The second-order valence-electron chi connectivity index (χ2n) is 5.60. The van der Waals surface area contributed by atoms with Crippen LogP contribution in [0.5, 0.6) is 0 Å². The van der Waals surface area contributed by atoms with Crippen LogP contribution in [0.3, 0.4) is 0 Å². The number of ether oxygens (including phenoxy) is 1. The molecule has 2 aromatic rings. The van der Waals surface area contributed by atoms with Crippen LogP contribution in [-0.2, 0) is 11.3 Å². The lowest BCUT2D eigenvalue weighted by Gasteiger charge is -2.35. The second kappa shape index (κ2) is 7.01. The van der Waals surface area contributed by atoms with Crippen molar-refractivity contribution in [3.63, 3.8) is 0 Å². The highest BCUT2D eigenvalue weighted by atomic mass is 19.1. The summed E-state index contributed by atoms with van der Waals surface area (Å²) in [5.74, 6) is -0.390. The van der Waals surface area contributed by atoms with Crippen LogP contribution in [0.2, 0.25) is 0 Å². The van der Waals surface area contributed by atoms with Gasteiger partial charge in [-0.2, -0.15) is 0 Å². The first-order valence-electron chi connectivity index (χ1n) is 7.54. The maximum atomic E-state index is 13.8. The van der Waals surface area contributed by atoms with Gasteiger partial charge in [0.15, 0.2) is 0 Å². The van der Waals surface area contributed by atoms with Gasteiger partial charge < -0.3 is 9.84 Å². The molecule has 3 rings (SSSR count). The predicted octanol–water partition coefficient (Wildman–Crippen LogP) is 2.76. The minimum absolute atomic E-state index is 0.300. The average molecular weight is 301 g/mol. The molecule has 0 spiro atoms. The van der Waals surface area contributed by atoms with Crippen LogP contribution >= 0.6 is 0 Å². The molecule has 2 atom stereocenters. The molecule has 4 heteroatoms. The molecule has 0 aromatic heterocycles. The van der Waals surface area contributed by atoms with Crippen molar-refractivity contribution in [2.75, 3.05) is 19.7 Å². The highest BCUT2D eigenvalue weighted by Crippen LogP contribution is 2.25. The summed E-state index contributed by atoms with van der Waals surface area (Å²) in [5.41, 5.74) is 1.53. The lowest BCUT2D eigenvalue weighted by atomic mass is 10.0. The molecule has 3 nitrogen and oxygen atoms in total. The Labute approximate surface area is 130 Å². The van der Waals surface area contributed by atoms with Gasteiger partial charge in [0.1, 0.15) is 18.0 Å². The molecule has 1 saturated heterocycles. The van der Waals surface area contributed by atoms with Gasteiger partial charge in [-0.3, -0.25) is 4.90 Å². The molecular formula is C18H20FNO2. The van der Waals surface area contributed by atoms with E-state index in [2.05, 4.69) is 17.0 Å². The predicted molar refractivity (Wildman–Crippen MR) is 82.8 cm³/mol. The van der Waals surface area contributed by atoms with Crippen molar-refractivity contribution in [1.29, 1.82) is 0 Å². The van der Waals surface area contributed by atoms with E-state index in [0.29, 0.717) is 18.7 Å². The lowest BCUT2D eigenvalue weighted by molar-refractivity contribution is -0.0927. The molecule has 0 unspecified atom stereocenters. The summed E-state index contributed by atoms with van der Waals surface area (Å²) in [7, 11) is 0. The molecule has 0 saturated carbocycles. The van der Waals surface area contributed by atoms with E-state index in [-0.39, 0.29) is 0 Å². The first-order valence-corrected chi connectivity index (χ1v) is 7.54. The number of rotatable bonds is 4. The second-order valence-corrected chi connectivity index (χ2v) is 5.60. The Kier molecular flexibility index (Phi) is 4.83. The zero-order valence-electron chi connectivity index (χ0n) is 12.4. The number of benzene rings is 2. The van der Waals surface area contributed by atoms with Crippen LogP contribution < -0.4 is 0 Å². The highest BCUT2D eigenvalue weighted by molar-refractivity contribution is 5.21. The largest absolute Gasteiger partial charge is 0.386 e. The zero-order chi connectivity index (χ0) is 15.4. The summed E-state index contributed by atoms with van der Waals surface area (Å²) in [6, 6.07) is 16.5. The summed E-state index contributed by atoms with van der Waals surface area (Å²) >= 11 is 0. The Morgan fingerprint density at radius 3 is 2.64 bits per heavy atom. The van der Waals surface area contributed by atoms with E-state index in [9.17, 15) is 9.50 Å². The van der Waals surface area contributed by atoms with Gasteiger partial charge in [0.2, 0.25) is 0 Å². The minimum Gasteiger partial charge on any atom is -0.386 e. The molecule has 0 aliphatic carbocycles. The SMILES string of the molecule is O[C@H](c1ccccc1F)[C@@H]1CN(Cc2ccccc2)CCO1. The number of nitrogens with zero attached hydrogens (tertiary/aromatic N) is 1. The van der Waals surface area contributed by atoms with Crippen LogP contribution in [-0.4, -0.2) is 35.8 Å². The molecule has 2 aromatic carbocycles. The Morgan fingerprint density at radius 2 is 1.86 bits per heavy atom. The van der Waals surface area contributed by atoms with Gasteiger partial charge in [0, 0.05) is 25.2 Å². The standard InChI is InChI=1S/C18H20FNO2/c19-16-9-5-4-8-15(16)18(21)17-13-20(10-11-22-17)12-14-6-2-1-3-7-14/h1-9,17-18,21H,10-13H2/t17-,18+/m0/s1. The molecule has 1 heterocycles. The van der Waals surface area contributed by atoms with Crippen LogP contribution in [0.15, 0.2) is 54.6 Å². The van der Waals surface area contributed by atoms with Gasteiger partial charge in [0.05, 0.1) is 6.61 Å². The van der Waals surface area contributed by atoms with Crippen LogP contribution in [0.1, 0.15) is 17.2 Å². The van der Waals surface area contributed by atoms with Crippen molar-refractivity contribution in [2.24, 2.45) is 0 Å². The molecule has 1 fully saturated rings. The highest BCUT2D eigenvalue weighted by Gasteiger charge is 2.29. The van der Waals surface area contributed by atoms with Gasteiger partial charge in [0.25, 0.3) is 0 Å². The first-order chi connectivity index (χ1) is 10.7. The number of hydrogen-bond acceptors (Lipinski definition) is 3. The average Bonchev–Trinajstić information content (AvgIpc) is 2.56. The van der Waals surface area contributed by atoms with Gasteiger partial charge in [-0.1, -0.05) is 48.5 Å². The number of halogens is 1. The number of aliphatic hydroxyl groups excluding tert-OH is 1. The lowest BCUT2D eigenvalue weighted by Crippen LogP contribution is -2.44. The summed E-state index contributed by atoms with van der Waals surface area (Å²) in [5, 5.41) is 10.4. The summed E-state index contributed by atoms with van der Waals surface area (Å²) in [6.45, 7) is 2.76. The Balaban J connectivity index is 1.66. The maximum absolute atomic E-state index is 13.8. The van der Waals surface area contributed by atoms with Crippen LogP contribution in [0, 0.1) is 5.82 Å². The summed E-state index contributed by atoms with van der Waals surface area (Å²) < 4.78 is 19.5. The molecule has 0 radical (unpaired) electrons. The van der Waals surface area contributed by atoms with E-state index in [1.807, 2.05) is 18.2 Å². The molecule has 1 aliphatic heterocycles. The summed E-state index contributed by atoms with van der Waals surface area (Å²) in [4.78, 5) is 2.23. The molecule has 1 aliphatic rings. The third-order valence-corrected chi connectivity index (χ3v) is 4.00. The van der Waals surface area contributed by atoms with Crippen molar-refractivity contribution in [3.8, 4) is 0 Å². The maximum Gasteiger partial charge on any atom is 0.129 e. The fraction of sp³-hybridized carbons (Fsp3) is 0.333. The Morgan fingerprint density at radius 1 is 1.14 bits per heavy atom. The number of aliphatic hydroxyl groups is 1. The van der Waals surface area contributed by atoms with Gasteiger partial charge >= 0.3 is 0 Å². The van der Waals surface area contributed by atoms with E-state index in [4.69, 9.17) is 4.74 Å². The van der Waals surface area contributed by atoms with E-state index >= 15 is 0 Å². The van der Waals surface area contributed by atoms with E-state index < -0.39 is 18.0 Å². The Hall–Kier alpha value is -1.75. The number of morpholine rings is 1. The van der Waals surface area contributed by atoms with Crippen molar-refractivity contribution < 1.29 is 14.2 Å². The fourth-order valence-electron chi connectivity index (χ4n) is 2.82. The van der Waals surface area contributed by atoms with E-state index in [1.165, 1.54) is 11.6 Å². The normalized spacial score (nSPS) is 20.7. The molecule has 1 N–H and O–H groups in total. The quantitative estimate of drug-likeness (QED) is 0.942. The third-order valence-electron chi connectivity index (χ3n) is 4.00. The first kappa shape index (κ1) is 15.2. The monoisotopic (exact) mass is 301 g/mol. The molecular weight excluding hydrogens is 281 g/mol. The number of hydrogen-bond donors (Lipinski definition) is 1. The van der Waals surface area contributed by atoms with Gasteiger partial charge in [-0.25, -0.2) is 4.39 Å². The topological polar surface area (TPSA) is 32.7 Å². The minimum atomic E-state index is -0.945. The molecule has 0 amide bonds. The van der Waals surface area contributed by atoms with Gasteiger partial charge in [-0.15, -0.1) is 0 Å². The molecule has 0 bridgehead atoms. The van der Waals surface area contributed by atoms with Crippen molar-refractivity contribution in [3.05, 3.63) is 71.5 Å². The van der Waals surface area contributed by atoms with Gasteiger partial charge in [-0.05, 0) is 11.6 Å². The summed E-state index contributed by atoms with van der Waals surface area (Å²) in [6.07, 6.45) is -1.35. The fourth-order valence-corrected chi connectivity index (χ4v) is 2.82. The smallest absolute Gasteiger partial charge is 0.129 e. The zero-order valence-corrected chi connectivity index (χ0v) is 12.4. The van der Waals surface area contributed by atoms with Crippen molar-refractivity contribution in [2.45, 2.75) is 18.8 Å². The molecule has 116 valence electrons. The van der Waals surface area contributed by atoms with Crippen LogP contribution in [0.4, 0.5) is 4.39 Å². The van der Waals surface area contributed by atoms with E-state index in [0.717, 1.165) is 13.1 Å².